The molecule has 1 unspecified atom stereocenters. The highest BCUT2D eigenvalue weighted by Gasteiger charge is 2.37. The van der Waals surface area contributed by atoms with Gasteiger partial charge >= 0.3 is 0 Å². The first-order valence-electron chi connectivity index (χ1n) is 8.99. The van der Waals surface area contributed by atoms with Crippen molar-refractivity contribution in [2.75, 3.05) is 20.3 Å². The second kappa shape index (κ2) is 9.81. The molecule has 1 aliphatic rings. The van der Waals surface area contributed by atoms with Gasteiger partial charge < -0.3 is 10.1 Å². The topological polar surface area (TPSA) is 83.4 Å². The Balaban J connectivity index is 1.87. The molecule has 1 fully saturated rings. The summed E-state index contributed by atoms with van der Waals surface area (Å²) in [6, 6.07) is 19.1. The molecule has 0 aliphatic carbocycles. The molecule has 1 atom stereocenters. The van der Waals surface area contributed by atoms with Crippen molar-refractivity contribution in [2.24, 2.45) is 16.1 Å². The van der Waals surface area contributed by atoms with Crippen molar-refractivity contribution in [1.29, 1.82) is 0 Å². The number of carbonyl (C=O) groups is 2. The normalized spacial score (nSPS) is 16.8. The average Bonchev–Trinajstić information content (AvgIpc) is 2.74. The van der Waals surface area contributed by atoms with Gasteiger partial charge in [0.2, 0.25) is 11.8 Å². The molecule has 2 aromatic carbocycles. The molecule has 0 aromatic heterocycles. The molecule has 148 valence electrons. The van der Waals surface area contributed by atoms with E-state index in [-0.39, 0.29) is 11.7 Å². The fraction of sp³-hybridized carbons (Fsp3) is 0.190. The summed E-state index contributed by atoms with van der Waals surface area (Å²) in [7, 11) is 1.53. The van der Waals surface area contributed by atoms with E-state index in [1.165, 1.54) is 18.2 Å². The van der Waals surface area contributed by atoms with Crippen LogP contribution in [0.25, 0.3) is 0 Å². The van der Waals surface area contributed by atoms with Gasteiger partial charge in [-0.2, -0.15) is 10.2 Å². The molecule has 0 spiro atoms. The van der Waals surface area contributed by atoms with Crippen LogP contribution in [0, 0.1) is 5.92 Å². The van der Waals surface area contributed by atoms with Gasteiger partial charge in [0.25, 0.3) is 0 Å². The Bertz CT molecular complexity index is 903. The maximum absolute atomic E-state index is 12.7. The number of hydrogen-bond donors (Lipinski definition) is 1. The molecular formula is C21H20N4O3S. The zero-order valence-corrected chi connectivity index (χ0v) is 16.6. The molecule has 0 bridgehead atoms. The van der Waals surface area contributed by atoms with Crippen molar-refractivity contribution in [1.82, 2.24) is 10.2 Å². The highest BCUT2D eigenvalue weighted by Crippen LogP contribution is 2.12. The lowest BCUT2D eigenvalue weighted by atomic mass is 10.0. The van der Waals surface area contributed by atoms with Gasteiger partial charge in [-0.05, 0) is 12.2 Å². The van der Waals surface area contributed by atoms with Crippen LogP contribution in [0.4, 0.5) is 0 Å². The van der Waals surface area contributed by atoms with E-state index >= 15 is 0 Å². The summed E-state index contributed by atoms with van der Waals surface area (Å²) in [5, 5.41) is 11.0. The summed E-state index contributed by atoms with van der Waals surface area (Å²) in [6.07, 6.45) is 1.24. The lowest BCUT2D eigenvalue weighted by Gasteiger charge is -2.30. The first-order chi connectivity index (χ1) is 14.1. The lowest BCUT2D eigenvalue weighted by Crippen LogP contribution is -2.58. The second-order valence-electron chi connectivity index (χ2n) is 6.20. The van der Waals surface area contributed by atoms with Crippen LogP contribution in [0.1, 0.15) is 11.1 Å². The van der Waals surface area contributed by atoms with Crippen molar-refractivity contribution >= 4 is 41.1 Å². The average molecular weight is 408 g/mol. The van der Waals surface area contributed by atoms with Crippen molar-refractivity contribution < 1.29 is 14.3 Å². The highest BCUT2D eigenvalue weighted by molar-refractivity contribution is 7.80. The quantitative estimate of drug-likeness (QED) is 0.329. The fourth-order valence-corrected chi connectivity index (χ4v) is 3.07. The second-order valence-corrected chi connectivity index (χ2v) is 6.59. The minimum absolute atomic E-state index is 0.0689. The third-order valence-electron chi connectivity index (χ3n) is 4.28. The lowest BCUT2D eigenvalue weighted by molar-refractivity contribution is -0.138. The maximum atomic E-state index is 12.7. The van der Waals surface area contributed by atoms with E-state index in [0.29, 0.717) is 12.3 Å². The molecule has 2 amide bonds. The van der Waals surface area contributed by atoms with E-state index in [4.69, 9.17) is 17.0 Å². The van der Waals surface area contributed by atoms with Crippen LogP contribution < -0.4 is 5.32 Å². The van der Waals surface area contributed by atoms with E-state index in [1.807, 2.05) is 60.7 Å². The standard InChI is InChI=1S/C21H20N4O3S/c1-28-13-12-25-20(27)17(19(26)23-21(25)29)14-22-24-18(15-8-4-2-5-9-15)16-10-6-3-7-11-16/h2-11,14,17H,12-13H2,1H3,(H,23,26,29). The van der Waals surface area contributed by atoms with Gasteiger partial charge in [0.05, 0.1) is 13.2 Å². The molecule has 8 heteroatoms. The first-order valence-corrected chi connectivity index (χ1v) is 9.39. The highest BCUT2D eigenvalue weighted by atomic mass is 32.1. The van der Waals surface area contributed by atoms with Crippen LogP contribution in [-0.4, -0.2) is 54.0 Å². The molecule has 0 radical (unpaired) electrons. The van der Waals surface area contributed by atoms with Crippen molar-refractivity contribution in [3.8, 4) is 0 Å². The Morgan fingerprint density at radius 2 is 1.69 bits per heavy atom. The fourth-order valence-electron chi connectivity index (χ4n) is 2.79. The molecule has 0 saturated carbocycles. The number of ether oxygens (including phenoxy) is 1. The number of nitrogens with one attached hydrogen (secondary N) is 1. The molecule has 7 nitrogen and oxygen atoms in total. The first kappa shape index (κ1) is 20.5. The van der Waals surface area contributed by atoms with Gasteiger partial charge in [0.1, 0.15) is 5.71 Å². The molecule has 2 aromatic rings. The molecule has 29 heavy (non-hydrogen) atoms. The van der Waals surface area contributed by atoms with Gasteiger partial charge in [-0.1, -0.05) is 60.7 Å². The number of hydrogen-bond acceptors (Lipinski definition) is 6. The number of methoxy groups -OCH3 is 1. The van der Waals surface area contributed by atoms with Crippen LogP contribution in [-0.2, 0) is 14.3 Å². The maximum Gasteiger partial charge on any atom is 0.246 e. The molecule has 1 aliphatic heterocycles. The van der Waals surface area contributed by atoms with Crippen molar-refractivity contribution in [3.63, 3.8) is 0 Å². The molecule has 3 rings (SSSR count). The number of amides is 2. The van der Waals surface area contributed by atoms with Crippen molar-refractivity contribution in [3.05, 3.63) is 71.8 Å². The van der Waals surface area contributed by atoms with Gasteiger partial charge in [-0.3, -0.25) is 14.5 Å². The number of nitrogens with zero attached hydrogens (tertiary/aromatic N) is 3. The van der Waals surface area contributed by atoms with Crippen LogP contribution in [0.2, 0.25) is 0 Å². The summed E-state index contributed by atoms with van der Waals surface area (Å²) >= 11 is 5.08. The number of thiocarbonyl (C=S) groups is 1. The van der Waals surface area contributed by atoms with E-state index in [0.717, 1.165) is 11.1 Å². The Hall–Kier alpha value is -3.23. The Morgan fingerprint density at radius 1 is 1.10 bits per heavy atom. The van der Waals surface area contributed by atoms with Crippen LogP contribution in [0.5, 0.6) is 0 Å². The largest absolute Gasteiger partial charge is 0.383 e. The molecule has 1 saturated heterocycles. The SMILES string of the molecule is COCCN1C(=O)C(C=NN=C(c2ccccc2)c2ccccc2)C(=O)NC1=S. The summed E-state index contributed by atoms with van der Waals surface area (Å²) < 4.78 is 4.99. The zero-order chi connectivity index (χ0) is 20.6. The predicted octanol–water partition coefficient (Wildman–Crippen LogP) is 2.02. The van der Waals surface area contributed by atoms with E-state index in [2.05, 4.69) is 15.5 Å². The number of benzene rings is 2. The summed E-state index contributed by atoms with van der Waals surface area (Å²) in [5.41, 5.74) is 2.38. The minimum atomic E-state index is -1.10. The third kappa shape index (κ3) is 4.98. The monoisotopic (exact) mass is 408 g/mol. The summed E-state index contributed by atoms with van der Waals surface area (Å²) in [6.45, 7) is 0.553. The van der Waals surface area contributed by atoms with Crippen LogP contribution in [0.3, 0.4) is 0 Å². The Morgan fingerprint density at radius 3 is 2.24 bits per heavy atom. The number of carbonyl (C=O) groups excluding carboxylic acids is 2. The predicted molar refractivity (Wildman–Crippen MR) is 115 cm³/mol. The third-order valence-corrected chi connectivity index (χ3v) is 4.60. The van der Waals surface area contributed by atoms with Gasteiger partial charge in [-0.25, -0.2) is 0 Å². The van der Waals surface area contributed by atoms with E-state index in [1.54, 1.807) is 0 Å². The van der Waals surface area contributed by atoms with Gasteiger partial charge in [0.15, 0.2) is 11.0 Å². The zero-order valence-electron chi connectivity index (χ0n) is 15.8. The molecule has 1 N–H and O–H groups in total. The van der Waals surface area contributed by atoms with E-state index < -0.39 is 17.7 Å². The van der Waals surface area contributed by atoms with Gasteiger partial charge in [0, 0.05) is 24.5 Å². The Kier molecular flexibility index (Phi) is 6.94. The minimum Gasteiger partial charge on any atom is -0.383 e. The summed E-state index contributed by atoms with van der Waals surface area (Å²) in [5.74, 6) is -2.07. The summed E-state index contributed by atoms with van der Waals surface area (Å²) in [4.78, 5) is 26.2. The molecule has 1 heterocycles. The Labute approximate surface area is 174 Å². The number of rotatable bonds is 7. The van der Waals surface area contributed by atoms with Crippen LogP contribution >= 0.6 is 12.2 Å². The van der Waals surface area contributed by atoms with E-state index in [9.17, 15) is 9.59 Å². The van der Waals surface area contributed by atoms with Crippen LogP contribution in [0.15, 0.2) is 70.9 Å². The smallest absolute Gasteiger partial charge is 0.246 e. The molecular weight excluding hydrogens is 388 g/mol. The van der Waals surface area contributed by atoms with Gasteiger partial charge in [-0.15, -0.1) is 0 Å². The van der Waals surface area contributed by atoms with Crippen molar-refractivity contribution in [2.45, 2.75) is 0 Å².